The van der Waals surface area contributed by atoms with Crippen molar-refractivity contribution in [2.75, 3.05) is 20.2 Å². The highest BCUT2D eigenvalue weighted by Gasteiger charge is 2.02. The quantitative estimate of drug-likeness (QED) is 0.378. The third kappa shape index (κ3) is 7.29. The van der Waals surface area contributed by atoms with Crippen LogP contribution in [-0.2, 0) is 13.0 Å². The number of ether oxygens (including phenoxy) is 1. The topological polar surface area (TPSA) is 45.7 Å². The van der Waals surface area contributed by atoms with E-state index in [-0.39, 0.29) is 29.8 Å². The first-order valence-electron chi connectivity index (χ1n) is 8.11. The maximum Gasteiger partial charge on any atom is 0.191 e. The summed E-state index contributed by atoms with van der Waals surface area (Å²) in [4.78, 5) is 4.58. The van der Waals surface area contributed by atoms with Crippen LogP contribution in [0.3, 0.4) is 0 Å². The van der Waals surface area contributed by atoms with Crippen molar-refractivity contribution in [2.24, 2.45) is 4.99 Å². The molecule has 6 heteroatoms. The molecule has 0 aliphatic heterocycles. The number of para-hydroxylation sites is 1. The van der Waals surface area contributed by atoms with E-state index in [9.17, 15) is 4.39 Å². The SMILES string of the molecule is CCNC(=NCc1ccccc1OC)NCCc1cccc(F)c1.I. The molecular formula is C19H25FIN3O. The standard InChI is InChI=1S/C19H24FN3O.HI/c1-3-21-19(22-12-11-15-7-6-9-17(20)13-15)23-14-16-8-4-5-10-18(16)24-2;/h4-10,13H,3,11-12,14H2,1-2H3,(H2,21,22,23);1H. The van der Waals surface area contributed by atoms with Crippen molar-refractivity contribution < 1.29 is 9.13 Å². The summed E-state index contributed by atoms with van der Waals surface area (Å²) in [6.45, 7) is 4.01. The molecule has 0 spiro atoms. The van der Waals surface area contributed by atoms with Gasteiger partial charge in [0.1, 0.15) is 11.6 Å². The van der Waals surface area contributed by atoms with E-state index in [1.807, 2.05) is 37.3 Å². The number of hydrogen-bond donors (Lipinski definition) is 2. The van der Waals surface area contributed by atoms with Crippen LogP contribution in [0.1, 0.15) is 18.1 Å². The van der Waals surface area contributed by atoms with Gasteiger partial charge in [-0.2, -0.15) is 0 Å². The van der Waals surface area contributed by atoms with E-state index >= 15 is 0 Å². The number of methoxy groups -OCH3 is 1. The molecule has 0 saturated heterocycles. The van der Waals surface area contributed by atoms with Crippen LogP contribution >= 0.6 is 24.0 Å². The molecule has 2 N–H and O–H groups in total. The lowest BCUT2D eigenvalue weighted by molar-refractivity contribution is 0.410. The fourth-order valence-electron chi connectivity index (χ4n) is 2.36. The molecular weight excluding hydrogens is 432 g/mol. The van der Waals surface area contributed by atoms with E-state index in [1.165, 1.54) is 6.07 Å². The number of nitrogens with zero attached hydrogens (tertiary/aromatic N) is 1. The molecule has 4 nitrogen and oxygen atoms in total. The smallest absolute Gasteiger partial charge is 0.191 e. The van der Waals surface area contributed by atoms with Crippen LogP contribution in [-0.4, -0.2) is 26.2 Å². The van der Waals surface area contributed by atoms with E-state index < -0.39 is 0 Å². The van der Waals surface area contributed by atoms with Crippen LogP contribution in [0.5, 0.6) is 5.75 Å². The Labute approximate surface area is 165 Å². The van der Waals surface area contributed by atoms with Crippen LogP contribution in [0.25, 0.3) is 0 Å². The van der Waals surface area contributed by atoms with Crippen molar-refractivity contribution in [3.8, 4) is 5.75 Å². The van der Waals surface area contributed by atoms with E-state index in [0.29, 0.717) is 13.1 Å². The van der Waals surface area contributed by atoms with Crippen molar-refractivity contribution >= 4 is 29.9 Å². The van der Waals surface area contributed by atoms with Gasteiger partial charge in [0.05, 0.1) is 13.7 Å². The normalized spacial score (nSPS) is 10.8. The molecule has 0 amide bonds. The fraction of sp³-hybridized carbons (Fsp3) is 0.316. The number of rotatable bonds is 7. The minimum absolute atomic E-state index is 0. The van der Waals surface area contributed by atoms with E-state index in [0.717, 1.165) is 35.8 Å². The van der Waals surface area contributed by atoms with Crippen molar-refractivity contribution in [3.05, 3.63) is 65.5 Å². The van der Waals surface area contributed by atoms with Gasteiger partial charge in [0.15, 0.2) is 5.96 Å². The summed E-state index contributed by atoms with van der Waals surface area (Å²) in [5.41, 5.74) is 1.99. The van der Waals surface area contributed by atoms with Gasteiger partial charge in [-0.25, -0.2) is 9.38 Å². The first-order chi connectivity index (χ1) is 11.7. The van der Waals surface area contributed by atoms with Crippen LogP contribution in [0.2, 0.25) is 0 Å². The predicted molar refractivity (Wildman–Crippen MR) is 111 cm³/mol. The third-order valence-corrected chi connectivity index (χ3v) is 3.54. The number of guanidine groups is 1. The molecule has 0 atom stereocenters. The number of nitrogens with one attached hydrogen (secondary N) is 2. The molecule has 0 fully saturated rings. The Bertz CT molecular complexity index is 679. The van der Waals surface area contributed by atoms with Gasteiger partial charge in [0.25, 0.3) is 0 Å². The zero-order chi connectivity index (χ0) is 17.2. The predicted octanol–water partition coefficient (Wildman–Crippen LogP) is 3.75. The molecule has 0 aromatic heterocycles. The Morgan fingerprint density at radius 1 is 1.12 bits per heavy atom. The van der Waals surface area contributed by atoms with Gasteiger partial charge in [0.2, 0.25) is 0 Å². The van der Waals surface area contributed by atoms with Gasteiger partial charge in [-0.1, -0.05) is 30.3 Å². The zero-order valence-electron chi connectivity index (χ0n) is 14.6. The third-order valence-electron chi connectivity index (χ3n) is 3.54. The molecule has 2 aromatic rings. The Morgan fingerprint density at radius 2 is 1.92 bits per heavy atom. The Hall–Kier alpha value is -1.83. The van der Waals surface area contributed by atoms with Crippen LogP contribution in [0.4, 0.5) is 4.39 Å². The van der Waals surface area contributed by atoms with Gasteiger partial charge in [-0.3, -0.25) is 0 Å². The minimum atomic E-state index is -0.204. The lowest BCUT2D eigenvalue weighted by atomic mass is 10.1. The summed E-state index contributed by atoms with van der Waals surface area (Å²) in [6, 6.07) is 14.5. The highest BCUT2D eigenvalue weighted by atomic mass is 127. The molecule has 0 aliphatic carbocycles. The monoisotopic (exact) mass is 457 g/mol. The second-order valence-electron chi connectivity index (χ2n) is 5.31. The number of halogens is 2. The molecule has 0 aliphatic rings. The van der Waals surface area contributed by atoms with Gasteiger partial charge in [-0.15, -0.1) is 24.0 Å². The average molecular weight is 457 g/mol. The summed E-state index contributed by atoms with van der Waals surface area (Å²) in [5, 5.41) is 6.48. The highest BCUT2D eigenvalue weighted by Crippen LogP contribution is 2.17. The van der Waals surface area contributed by atoms with Gasteiger partial charge in [0, 0.05) is 18.7 Å². The van der Waals surface area contributed by atoms with Crippen molar-refractivity contribution in [1.29, 1.82) is 0 Å². The van der Waals surface area contributed by atoms with E-state index in [4.69, 9.17) is 4.74 Å². The van der Waals surface area contributed by atoms with Crippen molar-refractivity contribution in [3.63, 3.8) is 0 Å². The van der Waals surface area contributed by atoms with Crippen molar-refractivity contribution in [1.82, 2.24) is 10.6 Å². The molecule has 0 radical (unpaired) electrons. The molecule has 2 aromatic carbocycles. The molecule has 2 rings (SSSR count). The second-order valence-corrected chi connectivity index (χ2v) is 5.31. The maximum absolute atomic E-state index is 13.2. The summed E-state index contributed by atoms with van der Waals surface area (Å²) < 4.78 is 18.5. The summed E-state index contributed by atoms with van der Waals surface area (Å²) in [7, 11) is 1.66. The molecule has 0 unspecified atom stereocenters. The number of aliphatic imine (C=N–C) groups is 1. The van der Waals surface area contributed by atoms with Crippen LogP contribution < -0.4 is 15.4 Å². The molecule has 0 bridgehead atoms. The van der Waals surface area contributed by atoms with Gasteiger partial charge < -0.3 is 15.4 Å². The first kappa shape index (κ1) is 21.2. The second kappa shape index (κ2) is 11.7. The van der Waals surface area contributed by atoms with E-state index in [1.54, 1.807) is 19.2 Å². The number of hydrogen-bond acceptors (Lipinski definition) is 2. The molecule has 0 heterocycles. The fourth-order valence-corrected chi connectivity index (χ4v) is 2.36. The molecule has 136 valence electrons. The lowest BCUT2D eigenvalue weighted by Gasteiger charge is -2.12. The number of benzene rings is 2. The van der Waals surface area contributed by atoms with Gasteiger partial charge >= 0.3 is 0 Å². The molecule has 0 saturated carbocycles. The zero-order valence-corrected chi connectivity index (χ0v) is 16.9. The van der Waals surface area contributed by atoms with E-state index in [2.05, 4.69) is 15.6 Å². The summed E-state index contributed by atoms with van der Waals surface area (Å²) in [5.74, 6) is 1.36. The average Bonchev–Trinajstić information content (AvgIpc) is 2.60. The Balaban J connectivity index is 0.00000312. The Morgan fingerprint density at radius 3 is 2.64 bits per heavy atom. The minimum Gasteiger partial charge on any atom is -0.496 e. The van der Waals surface area contributed by atoms with Crippen LogP contribution in [0, 0.1) is 5.82 Å². The van der Waals surface area contributed by atoms with Crippen LogP contribution in [0.15, 0.2) is 53.5 Å². The Kier molecular flexibility index (Phi) is 9.91. The highest BCUT2D eigenvalue weighted by molar-refractivity contribution is 14.0. The first-order valence-corrected chi connectivity index (χ1v) is 8.11. The lowest BCUT2D eigenvalue weighted by Crippen LogP contribution is -2.38. The summed E-state index contributed by atoms with van der Waals surface area (Å²) >= 11 is 0. The molecule has 25 heavy (non-hydrogen) atoms. The van der Waals surface area contributed by atoms with Crippen molar-refractivity contribution in [2.45, 2.75) is 19.9 Å². The van der Waals surface area contributed by atoms with Gasteiger partial charge in [-0.05, 0) is 37.1 Å². The summed E-state index contributed by atoms with van der Waals surface area (Å²) in [6.07, 6.45) is 0.733. The largest absolute Gasteiger partial charge is 0.496 e. The maximum atomic E-state index is 13.2.